The SMILES string of the molecule is CC(C)(O)CC[C@@H]1CC([C@@H](N)Cc2cccc(F)c2)OC1=O. The van der Waals surface area contributed by atoms with E-state index in [1.807, 2.05) is 6.07 Å². The van der Waals surface area contributed by atoms with E-state index in [1.165, 1.54) is 12.1 Å². The maximum Gasteiger partial charge on any atom is 0.309 e. The monoisotopic (exact) mass is 309 g/mol. The van der Waals surface area contributed by atoms with Crippen LogP contribution in [0.2, 0.25) is 0 Å². The summed E-state index contributed by atoms with van der Waals surface area (Å²) in [5.74, 6) is -0.755. The lowest BCUT2D eigenvalue weighted by molar-refractivity contribution is -0.145. The van der Waals surface area contributed by atoms with E-state index in [-0.39, 0.29) is 29.9 Å². The smallest absolute Gasteiger partial charge is 0.309 e. The van der Waals surface area contributed by atoms with E-state index in [0.717, 1.165) is 5.56 Å². The standard InChI is InChI=1S/C17H24FNO3/c1-17(2,21)7-6-12-10-15(22-16(12)20)14(19)9-11-4-3-5-13(18)8-11/h3-5,8,12,14-15,21H,6-7,9-10,19H2,1-2H3/t12-,14+,15?/m1/s1. The van der Waals surface area contributed by atoms with Crippen molar-refractivity contribution in [3.63, 3.8) is 0 Å². The number of benzene rings is 1. The third-order valence-corrected chi connectivity index (χ3v) is 4.06. The first kappa shape index (κ1) is 16.9. The molecule has 1 fully saturated rings. The fourth-order valence-electron chi connectivity index (χ4n) is 2.76. The summed E-state index contributed by atoms with van der Waals surface area (Å²) >= 11 is 0. The zero-order valence-corrected chi connectivity index (χ0v) is 13.1. The molecule has 1 heterocycles. The van der Waals surface area contributed by atoms with Crippen molar-refractivity contribution in [1.82, 2.24) is 0 Å². The van der Waals surface area contributed by atoms with Crippen LogP contribution in [0.1, 0.15) is 38.7 Å². The molecule has 1 aromatic rings. The first-order chi connectivity index (χ1) is 10.2. The van der Waals surface area contributed by atoms with Crippen LogP contribution in [0.25, 0.3) is 0 Å². The number of aliphatic hydroxyl groups is 1. The Labute approximate surface area is 130 Å². The van der Waals surface area contributed by atoms with Gasteiger partial charge in [0.15, 0.2) is 0 Å². The molecule has 1 unspecified atom stereocenters. The van der Waals surface area contributed by atoms with Crippen molar-refractivity contribution in [2.24, 2.45) is 11.7 Å². The predicted octanol–water partition coefficient (Wildman–Crippen LogP) is 2.18. The highest BCUT2D eigenvalue weighted by atomic mass is 19.1. The average Bonchev–Trinajstić information content (AvgIpc) is 2.77. The van der Waals surface area contributed by atoms with Gasteiger partial charge in [-0.3, -0.25) is 4.79 Å². The van der Waals surface area contributed by atoms with Crippen LogP contribution in [0, 0.1) is 11.7 Å². The van der Waals surface area contributed by atoms with Crippen LogP contribution in [0.4, 0.5) is 4.39 Å². The molecule has 0 spiro atoms. The molecule has 1 saturated heterocycles. The minimum atomic E-state index is -0.790. The third-order valence-electron chi connectivity index (χ3n) is 4.06. The van der Waals surface area contributed by atoms with Gasteiger partial charge in [-0.05, 0) is 57.2 Å². The second-order valence-electron chi connectivity index (χ2n) is 6.76. The largest absolute Gasteiger partial charge is 0.460 e. The molecule has 0 aliphatic carbocycles. The van der Waals surface area contributed by atoms with Crippen molar-refractivity contribution in [3.05, 3.63) is 35.6 Å². The van der Waals surface area contributed by atoms with Gasteiger partial charge in [0.2, 0.25) is 0 Å². The Kier molecular flexibility index (Phi) is 5.19. The van der Waals surface area contributed by atoms with Gasteiger partial charge in [-0.2, -0.15) is 0 Å². The Morgan fingerprint density at radius 2 is 2.23 bits per heavy atom. The van der Waals surface area contributed by atoms with E-state index in [2.05, 4.69) is 0 Å². The first-order valence-electron chi connectivity index (χ1n) is 7.67. The molecule has 122 valence electrons. The van der Waals surface area contributed by atoms with Gasteiger partial charge < -0.3 is 15.6 Å². The molecule has 0 bridgehead atoms. The zero-order chi connectivity index (χ0) is 16.3. The van der Waals surface area contributed by atoms with Crippen LogP contribution >= 0.6 is 0 Å². The Hall–Kier alpha value is -1.46. The minimum Gasteiger partial charge on any atom is -0.460 e. The molecule has 0 saturated carbocycles. The Balaban J connectivity index is 1.89. The lowest BCUT2D eigenvalue weighted by Gasteiger charge is -2.19. The van der Waals surface area contributed by atoms with E-state index in [4.69, 9.17) is 10.5 Å². The normalized spacial score (nSPS) is 23.4. The Morgan fingerprint density at radius 1 is 1.50 bits per heavy atom. The van der Waals surface area contributed by atoms with Crippen LogP contribution in [0.15, 0.2) is 24.3 Å². The van der Waals surface area contributed by atoms with Gasteiger partial charge in [-0.1, -0.05) is 12.1 Å². The lowest BCUT2D eigenvalue weighted by atomic mass is 9.90. The first-order valence-corrected chi connectivity index (χ1v) is 7.67. The van der Waals surface area contributed by atoms with E-state index < -0.39 is 5.60 Å². The number of rotatable bonds is 6. The number of cyclic esters (lactones) is 1. The molecular weight excluding hydrogens is 285 g/mol. The van der Waals surface area contributed by atoms with Gasteiger partial charge in [0.1, 0.15) is 11.9 Å². The van der Waals surface area contributed by atoms with Crippen molar-refractivity contribution in [2.75, 3.05) is 0 Å². The molecular formula is C17H24FNO3. The fraction of sp³-hybridized carbons (Fsp3) is 0.588. The fourth-order valence-corrected chi connectivity index (χ4v) is 2.76. The Bertz CT molecular complexity index is 527. The van der Waals surface area contributed by atoms with Crippen molar-refractivity contribution in [1.29, 1.82) is 0 Å². The summed E-state index contributed by atoms with van der Waals surface area (Å²) in [5.41, 5.74) is 6.12. The number of carbonyl (C=O) groups is 1. The molecule has 1 aliphatic rings. The highest BCUT2D eigenvalue weighted by Gasteiger charge is 2.38. The summed E-state index contributed by atoms with van der Waals surface area (Å²) in [6.07, 6.45) is 1.81. The van der Waals surface area contributed by atoms with E-state index in [9.17, 15) is 14.3 Å². The second kappa shape index (κ2) is 6.75. The molecule has 1 aliphatic heterocycles. The molecule has 2 rings (SSSR count). The number of nitrogens with two attached hydrogens (primary N) is 1. The predicted molar refractivity (Wildman–Crippen MR) is 81.6 cm³/mol. The van der Waals surface area contributed by atoms with E-state index >= 15 is 0 Å². The van der Waals surface area contributed by atoms with E-state index in [1.54, 1.807) is 19.9 Å². The quantitative estimate of drug-likeness (QED) is 0.790. The van der Waals surface area contributed by atoms with Crippen LogP contribution in [-0.4, -0.2) is 28.8 Å². The van der Waals surface area contributed by atoms with Gasteiger partial charge in [0.25, 0.3) is 0 Å². The third kappa shape index (κ3) is 4.78. The molecule has 0 amide bonds. The summed E-state index contributed by atoms with van der Waals surface area (Å²) < 4.78 is 18.5. The molecule has 1 aromatic carbocycles. The highest BCUT2D eigenvalue weighted by Crippen LogP contribution is 2.29. The molecule has 5 heteroatoms. The summed E-state index contributed by atoms with van der Waals surface area (Å²) in [6.45, 7) is 3.45. The number of hydrogen-bond donors (Lipinski definition) is 2. The zero-order valence-electron chi connectivity index (χ0n) is 13.1. The van der Waals surface area contributed by atoms with Crippen LogP contribution in [0.5, 0.6) is 0 Å². The summed E-state index contributed by atoms with van der Waals surface area (Å²) in [7, 11) is 0. The number of esters is 1. The molecule has 0 radical (unpaired) electrons. The number of carbonyl (C=O) groups excluding carboxylic acids is 1. The van der Waals surface area contributed by atoms with Gasteiger partial charge in [-0.15, -0.1) is 0 Å². The van der Waals surface area contributed by atoms with Crippen molar-refractivity contribution < 1.29 is 19.0 Å². The second-order valence-corrected chi connectivity index (χ2v) is 6.76. The average molecular weight is 309 g/mol. The lowest BCUT2D eigenvalue weighted by Crippen LogP contribution is -2.36. The molecule has 4 nitrogen and oxygen atoms in total. The van der Waals surface area contributed by atoms with Crippen LogP contribution < -0.4 is 5.73 Å². The molecule has 0 aromatic heterocycles. The van der Waals surface area contributed by atoms with Gasteiger partial charge in [0.05, 0.1) is 11.5 Å². The number of hydrogen-bond acceptors (Lipinski definition) is 4. The van der Waals surface area contributed by atoms with Crippen LogP contribution in [-0.2, 0) is 16.0 Å². The molecule has 22 heavy (non-hydrogen) atoms. The van der Waals surface area contributed by atoms with Crippen molar-refractivity contribution >= 4 is 5.97 Å². The maximum absolute atomic E-state index is 13.2. The van der Waals surface area contributed by atoms with Gasteiger partial charge in [-0.25, -0.2) is 4.39 Å². The summed E-state index contributed by atoms with van der Waals surface area (Å²) in [4.78, 5) is 11.9. The van der Waals surface area contributed by atoms with Crippen LogP contribution in [0.3, 0.4) is 0 Å². The Morgan fingerprint density at radius 3 is 2.86 bits per heavy atom. The van der Waals surface area contributed by atoms with Crippen molar-refractivity contribution in [2.45, 2.75) is 57.3 Å². The highest BCUT2D eigenvalue weighted by molar-refractivity contribution is 5.74. The number of halogens is 1. The maximum atomic E-state index is 13.2. The minimum absolute atomic E-state index is 0.213. The van der Waals surface area contributed by atoms with E-state index in [0.29, 0.717) is 25.7 Å². The topological polar surface area (TPSA) is 72.6 Å². The molecule has 3 N–H and O–H groups in total. The molecule has 3 atom stereocenters. The summed E-state index contributed by atoms with van der Waals surface area (Å²) in [5, 5.41) is 9.75. The summed E-state index contributed by atoms with van der Waals surface area (Å²) in [6, 6.07) is 5.94. The van der Waals surface area contributed by atoms with Gasteiger partial charge in [0, 0.05) is 6.04 Å². The number of ether oxygens (including phenoxy) is 1. The van der Waals surface area contributed by atoms with Crippen molar-refractivity contribution in [3.8, 4) is 0 Å². The van der Waals surface area contributed by atoms with Gasteiger partial charge >= 0.3 is 5.97 Å².